The Hall–Kier alpha value is -2.65. The molecule has 2 amide bonds. The number of ether oxygens (including phenoxy) is 1. The van der Waals surface area contributed by atoms with Crippen LogP contribution in [0, 0.1) is 13.8 Å². The third-order valence-electron chi connectivity index (χ3n) is 4.13. The number of benzene rings is 1. The van der Waals surface area contributed by atoms with Crippen LogP contribution in [0.5, 0.6) is 0 Å². The normalized spacial score (nSPS) is 12.4. The molecule has 0 bridgehead atoms. The molecule has 1 aromatic carbocycles. The van der Waals surface area contributed by atoms with Crippen molar-refractivity contribution in [3.05, 3.63) is 53.5 Å². The zero-order valence-corrected chi connectivity index (χ0v) is 16.8. The standard InChI is InChI=1S/C19H24N2O6S/c1-13-6-7-14(2)16(11-13)28(24,25)17(15-5-4-9-27-15)12-21-19(23)18(22)20-8-10-26-3/h4-7,9,11,17H,8,10,12H2,1-3H3,(H,20,22)(H,21,23)/t17-/m1/s1. The van der Waals surface area contributed by atoms with Crippen molar-refractivity contribution in [3.8, 4) is 0 Å². The molecule has 2 aromatic rings. The summed E-state index contributed by atoms with van der Waals surface area (Å²) >= 11 is 0. The summed E-state index contributed by atoms with van der Waals surface area (Å²) in [6.07, 6.45) is 1.36. The fourth-order valence-electron chi connectivity index (χ4n) is 2.62. The maximum absolute atomic E-state index is 13.3. The Labute approximate surface area is 164 Å². The summed E-state index contributed by atoms with van der Waals surface area (Å²) in [6.45, 7) is 3.62. The number of sulfone groups is 1. The smallest absolute Gasteiger partial charge is 0.309 e. The van der Waals surface area contributed by atoms with Crippen LogP contribution < -0.4 is 10.6 Å². The average molecular weight is 408 g/mol. The van der Waals surface area contributed by atoms with Crippen molar-refractivity contribution in [2.75, 3.05) is 26.8 Å². The molecule has 8 nitrogen and oxygen atoms in total. The van der Waals surface area contributed by atoms with Crippen LogP contribution in [0.4, 0.5) is 0 Å². The molecule has 0 aliphatic carbocycles. The lowest BCUT2D eigenvalue weighted by atomic mass is 10.2. The van der Waals surface area contributed by atoms with Crippen LogP contribution in [0.3, 0.4) is 0 Å². The summed E-state index contributed by atoms with van der Waals surface area (Å²) in [5, 5.41) is 3.59. The lowest BCUT2D eigenvalue weighted by molar-refractivity contribution is -0.139. The molecule has 9 heteroatoms. The minimum absolute atomic E-state index is 0.160. The maximum Gasteiger partial charge on any atom is 0.309 e. The van der Waals surface area contributed by atoms with Crippen molar-refractivity contribution in [3.63, 3.8) is 0 Å². The molecule has 0 spiro atoms. The van der Waals surface area contributed by atoms with E-state index >= 15 is 0 Å². The zero-order chi connectivity index (χ0) is 20.7. The van der Waals surface area contributed by atoms with Gasteiger partial charge in [-0.2, -0.15) is 0 Å². The topological polar surface area (TPSA) is 115 Å². The molecule has 1 heterocycles. The summed E-state index contributed by atoms with van der Waals surface area (Å²) < 4.78 is 36.6. The Kier molecular flexibility index (Phi) is 7.36. The SMILES string of the molecule is COCCNC(=O)C(=O)NC[C@H](c1ccco1)S(=O)(=O)c1cc(C)ccc1C. The van der Waals surface area contributed by atoms with E-state index in [1.807, 2.05) is 6.07 Å². The fourth-order valence-corrected chi connectivity index (χ4v) is 4.53. The molecule has 2 rings (SSSR count). The zero-order valence-electron chi connectivity index (χ0n) is 16.0. The van der Waals surface area contributed by atoms with Gasteiger partial charge in [-0.15, -0.1) is 0 Å². The summed E-state index contributed by atoms with van der Waals surface area (Å²) in [5.74, 6) is -1.61. The van der Waals surface area contributed by atoms with E-state index in [0.29, 0.717) is 5.56 Å². The highest BCUT2D eigenvalue weighted by Gasteiger charge is 2.33. The second-order valence-electron chi connectivity index (χ2n) is 6.28. The molecule has 1 aromatic heterocycles. The lowest BCUT2D eigenvalue weighted by Gasteiger charge is -2.18. The molecule has 0 saturated heterocycles. The number of amides is 2. The van der Waals surface area contributed by atoms with Gasteiger partial charge in [-0.3, -0.25) is 9.59 Å². The number of furan rings is 1. The molecule has 2 N–H and O–H groups in total. The minimum atomic E-state index is -3.88. The van der Waals surface area contributed by atoms with Crippen molar-refractivity contribution in [2.45, 2.75) is 24.0 Å². The third kappa shape index (κ3) is 5.20. The molecule has 0 aliphatic rings. The van der Waals surface area contributed by atoms with Gasteiger partial charge in [0.05, 0.1) is 17.8 Å². The maximum atomic E-state index is 13.3. The van der Waals surface area contributed by atoms with Gasteiger partial charge >= 0.3 is 11.8 Å². The second kappa shape index (κ2) is 9.52. The van der Waals surface area contributed by atoms with Gasteiger partial charge in [0.2, 0.25) is 0 Å². The third-order valence-corrected chi connectivity index (χ3v) is 6.33. The van der Waals surface area contributed by atoms with Crippen LogP contribution in [0.2, 0.25) is 0 Å². The first kappa shape index (κ1) is 21.6. The Morgan fingerprint density at radius 1 is 1.14 bits per heavy atom. The number of methoxy groups -OCH3 is 1. The minimum Gasteiger partial charge on any atom is -0.468 e. The van der Waals surface area contributed by atoms with E-state index in [-0.39, 0.29) is 30.4 Å². The van der Waals surface area contributed by atoms with Crippen LogP contribution in [0.25, 0.3) is 0 Å². The largest absolute Gasteiger partial charge is 0.468 e. The Morgan fingerprint density at radius 3 is 2.50 bits per heavy atom. The molecule has 0 aliphatic heterocycles. The summed E-state index contributed by atoms with van der Waals surface area (Å²) in [6, 6.07) is 8.23. The van der Waals surface area contributed by atoms with Crippen molar-refractivity contribution in [1.82, 2.24) is 10.6 Å². The summed E-state index contributed by atoms with van der Waals surface area (Å²) in [7, 11) is -2.41. The van der Waals surface area contributed by atoms with Crippen molar-refractivity contribution < 1.29 is 27.2 Å². The first-order chi connectivity index (χ1) is 13.3. The molecule has 0 radical (unpaired) electrons. The Bertz CT molecular complexity index is 922. The first-order valence-corrected chi connectivity index (χ1v) is 10.2. The number of rotatable bonds is 8. The van der Waals surface area contributed by atoms with Crippen LogP contribution in [-0.4, -0.2) is 47.0 Å². The van der Waals surface area contributed by atoms with Gasteiger partial charge in [0.1, 0.15) is 11.0 Å². The van der Waals surface area contributed by atoms with Crippen LogP contribution >= 0.6 is 0 Å². The van der Waals surface area contributed by atoms with E-state index in [9.17, 15) is 18.0 Å². The van der Waals surface area contributed by atoms with Crippen LogP contribution in [0.15, 0.2) is 45.9 Å². The first-order valence-electron chi connectivity index (χ1n) is 8.67. The van der Waals surface area contributed by atoms with Crippen LogP contribution in [-0.2, 0) is 24.2 Å². The van der Waals surface area contributed by atoms with E-state index in [1.54, 1.807) is 32.0 Å². The van der Waals surface area contributed by atoms with E-state index in [0.717, 1.165) is 5.56 Å². The predicted octanol–water partition coefficient (Wildman–Crippen LogP) is 1.29. The monoisotopic (exact) mass is 408 g/mol. The molecule has 28 heavy (non-hydrogen) atoms. The van der Waals surface area contributed by atoms with Gasteiger partial charge in [-0.05, 0) is 43.2 Å². The van der Waals surface area contributed by atoms with Crippen molar-refractivity contribution in [2.24, 2.45) is 0 Å². The molecular weight excluding hydrogens is 384 g/mol. The van der Waals surface area contributed by atoms with Gasteiger partial charge in [0.25, 0.3) is 0 Å². The Balaban J connectivity index is 2.23. The molecule has 1 atom stereocenters. The number of carbonyl (C=O) groups is 2. The van der Waals surface area contributed by atoms with Gasteiger partial charge in [-0.25, -0.2) is 8.42 Å². The molecule has 152 valence electrons. The summed E-state index contributed by atoms with van der Waals surface area (Å²) in [5.41, 5.74) is 1.38. The molecule has 0 fully saturated rings. The highest BCUT2D eigenvalue weighted by molar-refractivity contribution is 7.91. The van der Waals surface area contributed by atoms with E-state index in [1.165, 1.54) is 19.4 Å². The molecule has 0 unspecified atom stereocenters. The predicted molar refractivity (Wildman–Crippen MR) is 102 cm³/mol. The second-order valence-corrected chi connectivity index (χ2v) is 8.38. The average Bonchev–Trinajstić information content (AvgIpc) is 3.17. The van der Waals surface area contributed by atoms with Crippen molar-refractivity contribution in [1.29, 1.82) is 0 Å². The van der Waals surface area contributed by atoms with Crippen LogP contribution in [0.1, 0.15) is 22.1 Å². The van der Waals surface area contributed by atoms with Gasteiger partial charge in [0, 0.05) is 20.2 Å². The number of aryl methyl sites for hydroxylation is 2. The number of hydrogen-bond acceptors (Lipinski definition) is 6. The number of hydrogen-bond donors (Lipinski definition) is 2. The molecular formula is C19H24N2O6S. The van der Waals surface area contributed by atoms with Gasteiger partial charge in [-0.1, -0.05) is 12.1 Å². The van der Waals surface area contributed by atoms with Crippen molar-refractivity contribution >= 4 is 21.7 Å². The van der Waals surface area contributed by atoms with Gasteiger partial charge in [0.15, 0.2) is 9.84 Å². The van der Waals surface area contributed by atoms with E-state index < -0.39 is 26.9 Å². The number of carbonyl (C=O) groups excluding carboxylic acids is 2. The highest BCUT2D eigenvalue weighted by Crippen LogP contribution is 2.31. The highest BCUT2D eigenvalue weighted by atomic mass is 32.2. The summed E-state index contributed by atoms with van der Waals surface area (Å²) in [4.78, 5) is 24.0. The fraction of sp³-hybridized carbons (Fsp3) is 0.368. The molecule has 0 saturated carbocycles. The van der Waals surface area contributed by atoms with Gasteiger partial charge < -0.3 is 19.8 Å². The van der Waals surface area contributed by atoms with E-state index in [2.05, 4.69) is 10.6 Å². The lowest BCUT2D eigenvalue weighted by Crippen LogP contribution is -2.43. The van der Waals surface area contributed by atoms with E-state index in [4.69, 9.17) is 9.15 Å². The number of nitrogens with one attached hydrogen (secondary N) is 2. The Morgan fingerprint density at radius 2 is 1.86 bits per heavy atom. The quantitative estimate of drug-likeness (QED) is 0.502.